The van der Waals surface area contributed by atoms with Gasteiger partial charge in [0.15, 0.2) is 21.5 Å². The average Bonchev–Trinajstić information content (AvgIpc) is 2.85. The van der Waals surface area contributed by atoms with E-state index in [9.17, 15) is 37.0 Å². The Bertz CT molecular complexity index is 1360. The highest BCUT2D eigenvalue weighted by molar-refractivity contribution is 7.92. The van der Waals surface area contributed by atoms with E-state index in [2.05, 4.69) is 10.6 Å². The topological polar surface area (TPSA) is 133 Å². The van der Waals surface area contributed by atoms with Gasteiger partial charge in [-0.05, 0) is 67.9 Å². The largest absolute Gasteiger partial charge is 0.393 e. The molecule has 0 saturated heterocycles. The van der Waals surface area contributed by atoms with Gasteiger partial charge in [-0.25, -0.2) is 17.2 Å². The lowest BCUT2D eigenvalue weighted by Crippen LogP contribution is -2.70. The Labute approximate surface area is 224 Å². The van der Waals surface area contributed by atoms with Crippen molar-refractivity contribution in [2.24, 2.45) is 17.8 Å². The van der Waals surface area contributed by atoms with E-state index >= 15 is 0 Å². The number of carbonyl (C=O) groups excluding carboxylic acids is 2. The molecule has 2 amide bonds. The quantitative estimate of drug-likeness (QED) is 0.385. The summed E-state index contributed by atoms with van der Waals surface area (Å²) in [5, 5.41) is 24.7. The van der Waals surface area contributed by atoms with E-state index in [1.807, 2.05) is 6.92 Å². The van der Waals surface area contributed by atoms with Gasteiger partial charge in [-0.1, -0.05) is 18.5 Å². The Kier molecular flexibility index (Phi) is 7.86. The van der Waals surface area contributed by atoms with Crippen LogP contribution in [-0.4, -0.2) is 53.9 Å². The third-order valence-corrected chi connectivity index (χ3v) is 10.4. The first-order valence-corrected chi connectivity index (χ1v) is 14.1. The summed E-state index contributed by atoms with van der Waals surface area (Å²) < 4.78 is 53.9. The second kappa shape index (κ2) is 10.5. The summed E-state index contributed by atoms with van der Waals surface area (Å²) in [7, 11) is -4.01. The van der Waals surface area contributed by atoms with Crippen LogP contribution in [0.1, 0.15) is 43.5 Å². The minimum atomic E-state index is -4.01. The maximum absolute atomic E-state index is 13.6. The van der Waals surface area contributed by atoms with Crippen molar-refractivity contribution in [3.63, 3.8) is 0 Å². The molecule has 2 bridgehead atoms. The molecule has 0 spiro atoms. The fourth-order valence-electron chi connectivity index (χ4n) is 5.76. The van der Waals surface area contributed by atoms with Gasteiger partial charge >= 0.3 is 0 Å². The lowest BCUT2D eigenvalue weighted by molar-refractivity contribution is -0.213. The highest BCUT2D eigenvalue weighted by Crippen LogP contribution is 2.59. The van der Waals surface area contributed by atoms with Gasteiger partial charge in [0, 0.05) is 23.9 Å². The van der Waals surface area contributed by atoms with Gasteiger partial charge in [-0.15, -0.1) is 0 Å². The number of amides is 2. The summed E-state index contributed by atoms with van der Waals surface area (Å²) in [6.07, 6.45) is -0.635. The van der Waals surface area contributed by atoms with Crippen LogP contribution in [0.4, 0.5) is 14.5 Å². The molecule has 2 aromatic carbocycles. The van der Waals surface area contributed by atoms with Gasteiger partial charge in [0.05, 0.1) is 33.3 Å². The van der Waals surface area contributed by atoms with Crippen LogP contribution in [0.25, 0.3) is 0 Å². The van der Waals surface area contributed by atoms with E-state index in [1.54, 1.807) is 0 Å². The Morgan fingerprint density at radius 1 is 1.13 bits per heavy atom. The molecule has 3 aliphatic carbocycles. The van der Waals surface area contributed by atoms with Crippen LogP contribution in [-0.2, 0) is 14.6 Å². The summed E-state index contributed by atoms with van der Waals surface area (Å²) in [6, 6.07) is 6.61. The number of halogens is 3. The van der Waals surface area contributed by atoms with E-state index in [-0.39, 0.29) is 64.7 Å². The zero-order chi connectivity index (χ0) is 28.0. The monoisotopic (exact) mass is 570 g/mol. The SMILES string of the molecule is C[C@H](O)CC(=O)NC[C@]1(O)C2CC(S(=O)(=O)c3cc(C(=O)Nc4ccc(F)c(F)c4)ccc3Cl)CC1[C@@H]2C. The molecule has 0 heterocycles. The maximum atomic E-state index is 13.6. The van der Waals surface area contributed by atoms with Crippen LogP contribution >= 0.6 is 11.6 Å². The van der Waals surface area contributed by atoms with Gasteiger partial charge in [0.25, 0.3) is 5.91 Å². The minimum Gasteiger partial charge on any atom is -0.393 e. The van der Waals surface area contributed by atoms with E-state index in [4.69, 9.17) is 11.6 Å². The Balaban J connectivity index is 1.50. The fourth-order valence-corrected chi connectivity index (χ4v) is 8.11. The molecule has 206 valence electrons. The third kappa shape index (κ3) is 5.29. The van der Waals surface area contributed by atoms with Crippen LogP contribution in [0.5, 0.6) is 0 Å². The molecule has 5 rings (SSSR count). The second-order valence-electron chi connectivity index (χ2n) is 10.3. The molecule has 2 aromatic rings. The first kappa shape index (κ1) is 28.4. The summed E-state index contributed by atoms with van der Waals surface area (Å²) in [4.78, 5) is 24.4. The number of fused-ring (bicyclic) bond motifs is 2. The van der Waals surface area contributed by atoms with Gasteiger partial charge in [0.2, 0.25) is 5.91 Å². The van der Waals surface area contributed by atoms with E-state index in [1.165, 1.54) is 25.1 Å². The number of sulfone groups is 1. The fraction of sp³-hybridized carbons (Fsp3) is 0.462. The van der Waals surface area contributed by atoms with Crippen molar-refractivity contribution in [2.75, 3.05) is 11.9 Å². The van der Waals surface area contributed by atoms with Gasteiger partial charge in [-0.3, -0.25) is 9.59 Å². The lowest BCUT2D eigenvalue weighted by atomic mass is 9.48. The Morgan fingerprint density at radius 2 is 1.79 bits per heavy atom. The Hall–Kier alpha value is -2.60. The number of rotatable bonds is 8. The molecule has 0 aliphatic heterocycles. The minimum absolute atomic E-state index is 0.00515. The standard InChI is InChI=1S/C26H29ClF2N2O6S/c1-13(32)7-24(33)30-12-26(35)18-10-17(11-19(26)14(18)2)38(36,37)23-8-15(3-5-20(23)27)25(34)31-16-4-6-21(28)22(29)9-16/h3-6,8-9,13-14,17-19,32,35H,7,10-12H2,1-2H3,(H,30,33)(H,31,34)/t13-,14-,17?,18?,19?,26+/m0/s1. The van der Waals surface area contributed by atoms with Gasteiger partial charge in [-0.2, -0.15) is 0 Å². The van der Waals surface area contributed by atoms with Gasteiger partial charge < -0.3 is 20.8 Å². The molecule has 38 heavy (non-hydrogen) atoms. The van der Waals surface area contributed by atoms with Crippen molar-refractivity contribution < 1.29 is 37.0 Å². The smallest absolute Gasteiger partial charge is 0.255 e. The molecule has 12 heteroatoms. The molecule has 4 N–H and O–H groups in total. The molecular formula is C26H29ClF2N2O6S. The molecule has 3 atom stereocenters. The average molecular weight is 571 g/mol. The van der Waals surface area contributed by atoms with Gasteiger partial charge in [0.1, 0.15) is 0 Å². The van der Waals surface area contributed by atoms with Crippen molar-refractivity contribution in [1.29, 1.82) is 0 Å². The molecule has 8 nitrogen and oxygen atoms in total. The maximum Gasteiger partial charge on any atom is 0.255 e. The second-order valence-corrected chi connectivity index (χ2v) is 12.9. The first-order valence-electron chi connectivity index (χ1n) is 12.2. The molecule has 3 saturated carbocycles. The summed E-state index contributed by atoms with van der Waals surface area (Å²) in [6.45, 7) is 3.38. The van der Waals surface area contributed by atoms with Crippen LogP contribution in [0.3, 0.4) is 0 Å². The number of carbonyl (C=O) groups is 2. The summed E-state index contributed by atoms with van der Waals surface area (Å²) in [5.41, 5.74) is -1.30. The van der Waals surface area contributed by atoms with Crippen LogP contribution < -0.4 is 10.6 Å². The van der Waals surface area contributed by atoms with Crippen molar-refractivity contribution in [2.45, 2.75) is 55.0 Å². The molecule has 3 aliphatic rings. The molecule has 2 unspecified atom stereocenters. The number of nitrogens with one attached hydrogen (secondary N) is 2. The first-order chi connectivity index (χ1) is 17.7. The zero-order valence-corrected chi connectivity index (χ0v) is 22.3. The highest BCUT2D eigenvalue weighted by Gasteiger charge is 2.64. The Morgan fingerprint density at radius 3 is 2.39 bits per heavy atom. The van der Waals surface area contributed by atoms with Crippen LogP contribution in [0.2, 0.25) is 5.02 Å². The number of hydrogen-bond donors (Lipinski definition) is 4. The predicted molar refractivity (Wildman–Crippen MR) is 136 cm³/mol. The zero-order valence-electron chi connectivity index (χ0n) is 20.7. The number of aliphatic hydroxyl groups excluding tert-OH is 1. The van der Waals surface area contributed by atoms with E-state index in [0.29, 0.717) is 0 Å². The summed E-state index contributed by atoms with van der Waals surface area (Å²) >= 11 is 6.24. The molecular weight excluding hydrogens is 542 g/mol. The normalized spacial score (nSPS) is 27.2. The van der Waals surface area contributed by atoms with Crippen LogP contribution in [0, 0.1) is 29.4 Å². The predicted octanol–water partition coefficient (Wildman–Crippen LogP) is 3.31. The molecule has 0 aromatic heterocycles. The summed E-state index contributed by atoms with van der Waals surface area (Å²) in [5.74, 6) is -4.07. The van der Waals surface area contributed by atoms with E-state index in [0.717, 1.165) is 18.2 Å². The van der Waals surface area contributed by atoms with Crippen LogP contribution in [0.15, 0.2) is 41.3 Å². The highest BCUT2D eigenvalue weighted by atomic mass is 35.5. The van der Waals surface area contributed by atoms with Crippen molar-refractivity contribution in [3.05, 3.63) is 58.6 Å². The number of benzene rings is 2. The van der Waals surface area contributed by atoms with Crippen molar-refractivity contribution in [3.8, 4) is 0 Å². The third-order valence-electron chi connectivity index (χ3n) is 7.75. The number of aliphatic hydroxyl groups is 2. The number of anilines is 1. The molecule has 3 fully saturated rings. The van der Waals surface area contributed by atoms with E-state index < -0.39 is 50.2 Å². The molecule has 0 radical (unpaired) electrons. The lowest BCUT2D eigenvalue weighted by Gasteiger charge is -2.62. The van der Waals surface area contributed by atoms with Crippen molar-refractivity contribution in [1.82, 2.24) is 5.32 Å². The number of hydrogen-bond acceptors (Lipinski definition) is 6. The van der Waals surface area contributed by atoms with Crippen molar-refractivity contribution >= 4 is 38.9 Å².